The van der Waals surface area contributed by atoms with Gasteiger partial charge in [-0.2, -0.15) is 0 Å². The lowest BCUT2D eigenvalue weighted by Gasteiger charge is -2.04. The lowest BCUT2D eigenvalue weighted by atomic mass is 10.3. The number of hydrogen-bond acceptors (Lipinski definition) is 3. The molecule has 0 aliphatic heterocycles. The number of nitrogens with zero attached hydrogens (tertiary/aromatic N) is 2. The summed E-state index contributed by atoms with van der Waals surface area (Å²) in [6, 6.07) is 0. The largest absolute Gasteiger partial charge is 0.291 e. The summed E-state index contributed by atoms with van der Waals surface area (Å²) in [6.07, 6.45) is 4.32. The van der Waals surface area contributed by atoms with Gasteiger partial charge in [-0.05, 0) is 12.7 Å². The van der Waals surface area contributed by atoms with Crippen molar-refractivity contribution in [3.05, 3.63) is 22.1 Å². The second-order valence-corrected chi connectivity index (χ2v) is 3.26. The molecule has 0 radical (unpaired) electrons. The molecule has 0 spiro atoms. The Morgan fingerprint density at radius 3 is 2.83 bits per heavy atom. The molecule has 1 rings (SSSR count). The van der Waals surface area contributed by atoms with Gasteiger partial charge in [-0.3, -0.25) is 9.36 Å². The zero-order valence-electron chi connectivity index (χ0n) is 7.50. The number of rotatable bonds is 2. The fourth-order valence-corrected chi connectivity index (χ4v) is 1.52. The highest BCUT2D eigenvalue weighted by atomic mass is 32.2. The van der Waals surface area contributed by atoms with Gasteiger partial charge in [0, 0.05) is 18.8 Å². The van der Waals surface area contributed by atoms with E-state index < -0.39 is 0 Å². The molecule has 0 N–H and O–H groups in total. The molecule has 0 aliphatic carbocycles. The fraction of sp³-hybridized carbons (Fsp3) is 0.500. The van der Waals surface area contributed by atoms with Crippen molar-refractivity contribution in [3.63, 3.8) is 0 Å². The van der Waals surface area contributed by atoms with Crippen LogP contribution in [0.1, 0.15) is 12.5 Å². The topological polar surface area (TPSA) is 34.9 Å². The zero-order valence-corrected chi connectivity index (χ0v) is 8.31. The summed E-state index contributed by atoms with van der Waals surface area (Å²) in [5.41, 5.74) is 0.840. The van der Waals surface area contributed by atoms with E-state index in [9.17, 15) is 4.79 Å². The van der Waals surface area contributed by atoms with Gasteiger partial charge in [0.05, 0.1) is 0 Å². The maximum Gasteiger partial charge on any atom is 0.257 e. The standard InChI is InChI=1S/C8H12N2OS/c1-4-6-5-9-8(12-3)10(2)7(6)11/h5H,4H2,1-3H3. The van der Waals surface area contributed by atoms with Crippen LogP contribution in [0, 0.1) is 0 Å². The second-order valence-electron chi connectivity index (χ2n) is 2.49. The van der Waals surface area contributed by atoms with Crippen LogP contribution in [-0.2, 0) is 13.5 Å². The Balaban J connectivity index is 3.30. The first-order valence-corrected chi connectivity index (χ1v) is 5.02. The SMILES string of the molecule is CCc1cnc(SC)n(C)c1=O. The molecule has 0 saturated carbocycles. The van der Waals surface area contributed by atoms with Crippen molar-refractivity contribution < 1.29 is 0 Å². The van der Waals surface area contributed by atoms with E-state index in [0.717, 1.165) is 17.1 Å². The van der Waals surface area contributed by atoms with E-state index in [4.69, 9.17) is 0 Å². The average Bonchev–Trinajstić information content (AvgIpc) is 2.10. The maximum atomic E-state index is 11.5. The third-order valence-electron chi connectivity index (χ3n) is 1.76. The van der Waals surface area contributed by atoms with Crippen molar-refractivity contribution in [2.45, 2.75) is 18.5 Å². The van der Waals surface area contributed by atoms with Crippen molar-refractivity contribution in [3.8, 4) is 0 Å². The van der Waals surface area contributed by atoms with Gasteiger partial charge >= 0.3 is 0 Å². The molecule has 1 aromatic heterocycles. The van der Waals surface area contributed by atoms with Gasteiger partial charge in [-0.1, -0.05) is 18.7 Å². The molecule has 3 nitrogen and oxygen atoms in total. The van der Waals surface area contributed by atoms with E-state index >= 15 is 0 Å². The first kappa shape index (κ1) is 9.32. The van der Waals surface area contributed by atoms with E-state index in [-0.39, 0.29) is 5.56 Å². The number of hydrogen-bond donors (Lipinski definition) is 0. The Kier molecular flexibility index (Phi) is 2.92. The Morgan fingerprint density at radius 1 is 1.67 bits per heavy atom. The highest BCUT2D eigenvalue weighted by molar-refractivity contribution is 7.98. The lowest BCUT2D eigenvalue weighted by Crippen LogP contribution is -2.22. The Morgan fingerprint density at radius 2 is 2.33 bits per heavy atom. The van der Waals surface area contributed by atoms with Crippen LogP contribution in [0.25, 0.3) is 0 Å². The summed E-state index contributed by atoms with van der Waals surface area (Å²) in [5.74, 6) is 0. The van der Waals surface area contributed by atoms with Crippen LogP contribution in [-0.4, -0.2) is 15.8 Å². The van der Waals surface area contributed by atoms with E-state index in [0.29, 0.717) is 0 Å². The normalized spacial score (nSPS) is 10.2. The van der Waals surface area contributed by atoms with Gasteiger partial charge in [0.15, 0.2) is 5.16 Å². The number of thioether (sulfide) groups is 1. The van der Waals surface area contributed by atoms with Crippen molar-refractivity contribution in [1.29, 1.82) is 0 Å². The van der Waals surface area contributed by atoms with Crippen LogP contribution in [0.15, 0.2) is 16.1 Å². The lowest BCUT2D eigenvalue weighted by molar-refractivity contribution is 0.694. The summed E-state index contributed by atoms with van der Waals surface area (Å²) in [6.45, 7) is 1.96. The third kappa shape index (κ3) is 1.53. The van der Waals surface area contributed by atoms with Gasteiger partial charge < -0.3 is 0 Å². The van der Waals surface area contributed by atoms with Gasteiger partial charge in [0.25, 0.3) is 5.56 Å². The molecule has 0 bridgehead atoms. The molecule has 0 atom stereocenters. The predicted octanol–water partition coefficient (Wildman–Crippen LogP) is 1.06. The van der Waals surface area contributed by atoms with Crippen molar-refractivity contribution in [1.82, 2.24) is 9.55 Å². The van der Waals surface area contributed by atoms with E-state index in [1.165, 1.54) is 11.8 Å². The summed E-state index contributed by atoms with van der Waals surface area (Å²) in [4.78, 5) is 15.6. The van der Waals surface area contributed by atoms with Gasteiger partial charge in [-0.15, -0.1) is 0 Å². The van der Waals surface area contributed by atoms with E-state index in [2.05, 4.69) is 4.98 Å². The van der Waals surface area contributed by atoms with Gasteiger partial charge in [0.2, 0.25) is 0 Å². The Bertz CT molecular complexity index is 332. The van der Waals surface area contributed by atoms with Crippen LogP contribution in [0.4, 0.5) is 0 Å². The molecule has 4 heteroatoms. The summed E-state index contributed by atoms with van der Waals surface area (Å²) < 4.78 is 1.59. The molecule has 0 aliphatic rings. The van der Waals surface area contributed by atoms with Crippen LogP contribution in [0.2, 0.25) is 0 Å². The minimum absolute atomic E-state index is 0.0665. The van der Waals surface area contributed by atoms with Crippen LogP contribution in [0.3, 0.4) is 0 Å². The highest BCUT2D eigenvalue weighted by Gasteiger charge is 2.03. The fourth-order valence-electron chi connectivity index (χ4n) is 1.01. The summed E-state index contributed by atoms with van der Waals surface area (Å²) in [5, 5.41) is 0.761. The van der Waals surface area contributed by atoms with Crippen LogP contribution < -0.4 is 5.56 Å². The molecular weight excluding hydrogens is 172 g/mol. The summed E-state index contributed by atoms with van der Waals surface area (Å²) >= 11 is 1.48. The molecule has 66 valence electrons. The number of aromatic nitrogens is 2. The minimum Gasteiger partial charge on any atom is -0.291 e. The highest BCUT2D eigenvalue weighted by Crippen LogP contribution is 2.07. The first-order chi connectivity index (χ1) is 5.70. The number of aryl methyl sites for hydroxylation is 1. The van der Waals surface area contributed by atoms with E-state index in [1.54, 1.807) is 17.8 Å². The molecule has 0 unspecified atom stereocenters. The monoisotopic (exact) mass is 184 g/mol. The predicted molar refractivity (Wildman–Crippen MR) is 50.6 cm³/mol. The quantitative estimate of drug-likeness (QED) is 0.509. The van der Waals surface area contributed by atoms with E-state index in [1.807, 2.05) is 13.2 Å². The second kappa shape index (κ2) is 3.76. The molecule has 0 amide bonds. The molecule has 1 aromatic rings. The average molecular weight is 184 g/mol. The Hall–Kier alpha value is -0.770. The molecule has 0 aromatic carbocycles. The minimum atomic E-state index is 0.0665. The van der Waals surface area contributed by atoms with Crippen molar-refractivity contribution in [2.75, 3.05) is 6.26 Å². The zero-order chi connectivity index (χ0) is 9.14. The third-order valence-corrected chi connectivity index (χ3v) is 2.50. The van der Waals surface area contributed by atoms with Gasteiger partial charge in [-0.25, -0.2) is 4.98 Å². The van der Waals surface area contributed by atoms with Crippen molar-refractivity contribution in [2.24, 2.45) is 7.05 Å². The van der Waals surface area contributed by atoms with Crippen molar-refractivity contribution >= 4 is 11.8 Å². The Labute approximate surface area is 75.8 Å². The maximum absolute atomic E-state index is 11.5. The van der Waals surface area contributed by atoms with Crippen LogP contribution in [0.5, 0.6) is 0 Å². The smallest absolute Gasteiger partial charge is 0.257 e. The van der Waals surface area contributed by atoms with Crippen LogP contribution >= 0.6 is 11.8 Å². The molecule has 12 heavy (non-hydrogen) atoms. The van der Waals surface area contributed by atoms with Gasteiger partial charge in [0.1, 0.15) is 0 Å². The first-order valence-electron chi connectivity index (χ1n) is 3.79. The molecule has 1 heterocycles. The molecular formula is C8H12N2OS. The molecule has 0 fully saturated rings. The molecule has 0 saturated heterocycles. The summed E-state index contributed by atoms with van der Waals surface area (Å²) in [7, 11) is 1.75.